The van der Waals surface area contributed by atoms with E-state index >= 15 is 0 Å². The number of benzene rings is 2. The lowest BCUT2D eigenvalue weighted by Gasteiger charge is -2.10. The van der Waals surface area contributed by atoms with Crippen LogP contribution in [0.4, 0.5) is 5.69 Å². The first-order valence-corrected chi connectivity index (χ1v) is 8.08. The number of non-ortho nitro benzene ring substituents is 1. The highest BCUT2D eigenvalue weighted by Crippen LogP contribution is 2.24. The lowest BCUT2D eigenvalue weighted by Crippen LogP contribution is -2.15. The van der Waals surface area contributed by atoms with Crippen LogP contribution in [0.25, 0.3) is 0 Å². The van der Waals surface area contributed by atoms with Gasteiger partial charge >= 0.3 is 5.97 Å². The Balaban J connectivity index is 2.05. The fourth-order valence-corrected chi connectivity index (χ4v) is 2.37. The second kappa shape index (κ2) is 8.39. The van der Waals surface area contributed by atoms with Crippen LogP contribution in [-0.4, -0.2) is 29.9 Å². The predicted octanol–water partition coefficient (Wildman–Crippen LogP) is 3.80. The summed E-state index contributed by atoms with van der Waals surface area (Å²) in [5, 5.41) is 10.6. The summed E-state index contributed by atoms with van der Waals surface area (Å²) in [7, 11) is 0. The summed E-state index contributed by atoms with van der Waals surface area (Å²) in [6, 6.07) is 9.97. The maximum Gasteiger partial charge on any atom is 0.342 e. The van der Waals surface area contributed by atoms with Crippen molar-refractivity contribution < 1.29 is 24.0 Å². The molecule has 0 aliphatic heterocycles. The van der Waals surface area contributed by atoms with E-state index in [1.807, 2.05) is 0 Å². The van der Waals surface area contributed by atoms with Gasteiger partial charge in [0.15, 0.2) is 12.4 Å². The first kappa shape index (κ1) is 18.6. The number of hydrogen-bond acceptors (Lipinski definition) is 6. The Labute approximate surface area is 151 Å². The van der Waals surface area contributed by atoms with Gasteiger partial charge in [-0.05, 0) is 37.3 Å². The second-order valence-corrected chi connectivity index (χ2v) is 5.79. The van der Waals surface area contributed by atoms with Crippen molar-refractivity contribution in [2.75, 3.05) is 13.2 Å². The SMILES string of the molecule is CCOc1ccc(Br)cc1C(=O)OCC(=O)c1ccc([N+](=O)[O-])cc1. The van der Waals surface area contributed by atoms with E-state index in [0.717, 1.165) is 0 Å². The third kappa shape index (κ3) is 4.87. The van der Waals surface area contributed by atoms with Crippen LogP contribution in [0.5, 0.6) is 5.75 Å². The normalized spacial score (nSPS) is 10.2. The molecule has 0 bridgehead atoms. The standard InChI is InChI=1S/C17H14BrNO6/c1-2-24-16-8-5-12(18)9-14(16)17(21)25-10-15(20)11-3-6-13(7-4-11)19(22)23/h3-9H,2,10H2,1H3. The number of rotatable bonds is 7. The van der Waals surface area contributed by atoms with Crippen LogP contribution in [0.3, 0.4) is 0 Å². The molecule has 0 heterocycles. The van der Waals surface area contributed by atoms with Gasteiger partial charge in [0.05, 0.1) is 11.5 Å². The number of Topliss-reactive ketones (excluding diaryl/α,β-unsaturated/α-hetero) is 1. The zero-order chi connectivity index (χ0) is 18.4. The molecule has 25 heavy (non-hydrogen) atoms. The number of halogens is 1. The molecule has 2 aromatic rings. The van der Waals surface area contributed by atoms with E-state index < -0.39 is 23.3 Å². The van der Waals surface area contributed by atoms with Crippen LogP contribution in [0.1, 0.15) is 27.6 Å². The molecule has 0 fully saturated rings. The van der Waals surface area contributed by atoms with Crippen LogP contribution in [0.15, 0.2) is 46.9 Å². The molecule has 0 saturated heterocycles. The number of nitro benzene ring substituents is 1. The minimum atomic E-state index is -0.694. The van der Waals surface area contributed by atoms with Gasteiger partial charge in [0, 0.05) is 22.2 Å². The fourth-order valence-electron chi connectivity index (χ4n) is 2.00. The van der Waals surface area contributed by atoms with Crippen molar-refractivity contribution in [1.29, 1.82) is 0 Å². The molecule has 0 atom stereocenters. The van der Waals surface area contributed by atoms with Gasteiger partial charge in [0.2, 0.25) is 0 Å². The van der Waals surface area contributed by atoms with E-state index in [-0.39, 0.29) is 16.8 Å². The van der Waals surface area contributed by atoms with Crippen molar-refractivity contribution in [3.63, 3.8) is 0 Å². The third-order valence-electron chi connectivity index (χ3n) is 3.20. The van der Waals surface area contributed by atoms with Gasteiger partial charge in [-0.1, -0.05) is 15.9 Å². The van der Waals surface area contributed by atoms with Gasteiger partial charge < -0.3 is 9.47 Å². The van der Waals surface area contributed by atoms with Gasteiger partial charge in [-0.15, -0.1) is 0 Å². The molecule has 0 amide bonds. The summed E-state index contributed by atoms with van der Waals surface area (Å²) in [5.74, 6) is -0.797. The number of carbonyl (C=O) groups excluding carboxylic acids is 2. The molecule has 2 rings (SSSR count). The number of nitrogens with zero attached hydrogens (tertiary/aromatic N) is 1. The first-order valence-electron chi connectivity index (χ1n) is 7.29. The number of carbonyl (C=O) groups is 2. The lowest BCUT2D eigenvalue weighted by atomic mass is 10.1. The maximum atomic E-state index is 12.2. The Kier molecular flexibility index (Phi) is 6.24. The first-order chi connectivity index (χ1) is 11.9. The minimum Gasteiger partial charge on any atom is -0.493 e. The molecule has 0 spiro atoms. The molecule has 2 aromatic carbocycles. The van der Waals surface area contributed by atoms with Gasteiger partial charge in [-0.2, -0.15) is 0 Å². The van der Waals surface area contributed by atoms with Crippen LogP contribution in [0.2, 0.25) is 0 Å². The summed E-state index contributed by atoms with van der Waals surface area (Å²) in [6.07, 6.45) is 0. The van der Waals surface area contributed by atoms with Gasteiger partial charge in [0.25, 0.3) is 5.69 Å². The van der Waals surface area contributed by atoms with Gasteiger partial charge in [-0.3, -0.25) is 14.9 Å². The molecule has 8 heteroatoms. The molecule has 0 N–H and O–H groups in total. The summed E-state index contributed by atoms with van der Waals surface area (Å²) in [6.45, 7) is 1.69. The third-order valence-corrected chi connectivity index (χ3v) is 3.69. The zero-order valence-electron chi connectivity index (χ0n) is 13.2. The van der Waals surface area contributed by atoms with Crippen LogP contribution in [-0.2, 0) is 4.74 Å². The summed E-state index contributed by atoms with van der Waals surface area (Å²) in [4.78, 5) is 34.3. The summed E-state index contributed by atoms with van der Waals surface area (Å²) < 4.78 is 11.1. The molecule has 0 unspecified atom stereocenters. The monoisotopic (exact) mass is 407 g/mol. The molecule has 0 aliphatic rings. The molecule has 0 radical (unpaired) electrons. The Bertz CT molecular complexity index is 803. The highest BCUT2D eigenvalue weighted by molar-refractivity contribution is 9.10. The van der Waals surface area contributed by atoms with Crippen LogP contribution < -0.4 is 4.74 Å². The number of ether oxygens (including phenoxy) is 2. The average Bonchev–Trinajstić information content (AvgIpc) is 2.61. The van der Waals surface area contributed by atoms with Crippen molar-refractivity contribution in [1.82, 2.24) is 0 Å². The van der Waals surface area contributed by atoms with Crippen LogP contribution >= 0.6 is 15.9 Å². The van der Waals surface area contributed by atoms with E-state index in [4.69, 9.17) is 9.47 Å². The number of ketones is 1. The van der Waals surface area contributed by atoms with Gasteiger partial charge in [-0.25, -0.2) is 4.79 Å². The molecule has 0 aromatic heterocycles. The Hall–Kier alpha value is -2.74. The topological polar surface area (TPSA) is 95.7 Å². The van der Waals surface area contributed by atoms with Crippen molar-refractivity contribution in [3.8, 4) is 5.75 Å². The maximum absolute atomic E-state index is 12.2. The summed E-state index contributed by atoms with van der Waals surface area (Å²) in [5.41, 5.74) is 0.300. The van der Waals surface area contributed by atoms with Crippen molar-refractivity contribution >= 4 is 33.4 Å². The average molecular weight is 408 g/mol. The molecule has 0 aliphatic carbocycles. The van der Waals surface area contributed by atoms with Crippen molar-refractivity contribution in [2.24, 2.45) is 0 Å². The van der Waals surface area contributed by atoms with E-state index in [9.17, 15) is 19.7 Å². The van der Waals surface area contributed by atoms with E-state index in [1.54, 1.807) is 25.1 Å². The number of hydrogen-bond donors (Lipinski definition) is 0. The molecular weight excluding hydrogens is 394 g/mol. The molecule has 7 nitrogen and oxygen atoms in total. The van der Waals surface area contributed by atoms with Gasteiger partial charge in [0.1, 0.15) is 11.3 Å². The van der Waals surface area contributed by atoms with E-state index in [1.165, 1.54) is 24.3 Å². The quantitative estimate of drug-likeness (QED) is 0.299. The smallest absolute Gasteiger partial charge is 0.342 e. The Morgan fingerprint density at radius 1 is 1.16 bits per heavy atom. The largest absolute Gasteiger partial charge is 0.493 e. The summed E-state index contributed by atoms with van der Waals surface area (Å²) >= 11 is 3.27. The lowest BCUT2D eigenvalue weighted by molar-refractivity contribution is -0.384. The van der Waals surface area contributed by atoms with Crippen molar-refractivity contribution in [3.05, 3.63) is 68.2 Å². The number of nitro groups is 1. The van der Waals surface area contributed by atoms with Crippen molar-refractivity contribution in [2.45, 2.75) is 6.92 Å². The highest BCUT2D eigenvalue weighted by atomic mass is 79.9. The Morgan fingerprint density at radius 3 is 2.44 bits per heavy atom. The van der Waals surface area contributed by atoms with Crippen LogP contribution in [0, 0.1) is 10.1 Å². The second-order valence-electron chi connectivity index (χ2n) is 4.88. The zero-order valence-corrected chi connectivity index (χ0v) is 14.8. The molecule has 130 valence electrons. The molecular formula is C17H14BrNO6. The Morgan fingerprint density at radius 2 is 1.84 bits per heavy atom. The number of esters is 1. The fraction of sp³-hybridized carbons (Fsp3) is 0.176. The van der Waals surface area contributed by atoms with E-state index in [2.05, 4.69) is 15.9 Å². The highest BCUT2D eigenvalue weighted by Gasteiger charge is 2.17. The molecule has 0 saturated carbocycles. The van der Waals surface area contributed by atoms with E-state index in [0.29, 0.717) is 16.8 Å². The predicted molar refractivity (Wildman–Crippen MR) is 93.0 cm³/mol. The minimum absolute atomic E-state index is 0.121.